The predicted molar refractivity (Wildman–Crippen MR) is 135 cm³/mol. The molecule has 0 saturated carbocycles. The summed E-state index contributed by atoms with van der Waals surface area (Å²) in [5.74, 6) is -0.545. The van der Waals surface area contributed by atoms with Crippen LogP contribution < -0.4 is 5.32 Å². The lowest BCUT2D eigenvalue weighted by molar-refractivity contribution is -0.308. The lowest BCUT2D eigenvalue weighted by atomic mass is 9.96. The number of carbonyl (C=O) groups is 2. The average molecular weight is 577 g/mol. The predicted octanol–water partition coefficient (Wildman–Crippen LogP) is 5.01. The van der Waals surface area contributed by atoms with Gasteiger partial charge in [0, 0.05) is 17.4 Å². The Morgan fingerprint density at radius 1 is 1.06 bits per heavy atom. The van der Waals surface area contributed by atoms with Crippen LogP contribution in [-0.2, 0) is 28.5 Å². The lowest BCUT2D eigenvalue weighted by Gasteiger charge is -2.48. The number of esters is 1. The number of ether oxygens (including phenoxy) is 5. The molecule has 0 aliphatic carbocycles. The van der Waals surface area contributed by atoms with Gasteiger partial charge in [0.15, 0.2) is 12.4 Å². The van der Waals surface area contributed by atoms with Gasteiger partial charge >= 0.3 is 12.1 Å². The second-order valence-electron chi connectivity index (χ2n) is 8.09. The number of carbonyl (C=O) groups excluding carboxylic acids is 2. The maximum Gasteiger partial charge on any atom is 0.407 e. The first-order valence-electron chi connectivity index (χ1n) is 11.1. The molecule has 2 aliphatic heterocycles. The molecule has 36 heavy (non-hydrogen) atoms. The van der Waals surface area contributed by atoms with E-state index in [1.807, 2.05) is 60.7 Å². The van der Waals surface area contributed by atoms with E-state index in [-0.39, 0.29) is 6.61 Å². The van der Waals surface area contributed by atoms with Crippen LogP contribution in [0.4, 0.5) is 4.79 Å². The van der Waals surface area contributed by atoms with Crippen molar-refractivity contribution in [3.05, 3.63) is 66.2 Å². The highest BCUT2D eigenvalue weighted by Gasteiger charge is 2.52. The van der Waals surface area contributed by atoms with Crippen molar-refractivity contribution >= 4 is 58.6 Å². The Bertz CT molecular complexity index is 1030. The summed E-state index contributed by atoms with van der Waals surface area (Å²) in [4.78, 5) is 25.7. The van der Waals surface area contributed by atoms with Gasteiger partial charge in [0.05, 0.1) is 6.61 Å². The molecule has 1 N–H and O–H groups in total. The van der Waals surface area contributed by atoms with Crippen LogP contribution >= 0.6 is 46.6 Å². The fourth-order valence-corrected chi connectivity index (χ4v) is 5.21. The highest BCUT2D eigenvalue weighted by Crippen LogP contribution is 2.40. The van der Waals surface area contributed by atoms with Gasteiger partial charge in [-0.2, -0.15) is 0 Å². The zero-order valence-corrected chi connectivity index (χ0v) is 22.1. The Labute approximate surface area is 227 Å². The maximum atomic E-state index is 12.7. The van der Waals surface area contributed by atoms with Crippen LogP contribution in [0.2, 0.25) is 0 Å². The molecule has 194 valence electrons. The van der Waals surface area contributed by atoms with E-state index in [4.69, 9.17) is 58.5 Å². The van der Waals surface area contributed by atoms with Gasteiger partial charge < -0.3 is 29.0 Å². The zero-order chi connectivity index (χ0) is 25.7. The molecule has 0 bridgehead atoms. The van der Waals surface area contributed by atoms with E-state index in [1.165, 1.54) is 18.7 Å². The minimum absolute atomic E-state index is 0.193. The van der Waals surface area contributed by atoms with Crippen molar-refractivity contribution in [2.24, 2.45) is 0 Å². The van der Waals surface area contributed by atoms with Crippen LogP contribution in [0.25, 0.3) is 0 Å². The van der Waals surface area contributed by atoms with Crippen molar-refractivity contribution in [1.82, 2.24) is 5.32 Å². The van der Waals surface area contributed by atoms with E-state index < -0.39 is 58.5 Å². The van der Waals surface area contributed by atoms with Gasteiger partial charge in [-0.25, -0.2) is 4.79 Å². The lowest BCUT2D eigenvalue weighted by Crippen LogP contribution is -2.66. The van der Waals surface area contributed by atoms with Crippen molar-refractivity contribution in [3.63, 3.8) is 0 Å². The summed E-state index contributed by atoms with van der Waals surface area (Å²) < 4.78 is 27.5. The standard InChI is InChI=1S/C24H24Cl3NO7S/c1-14(29)33-20-18(28-23(30)32-13-24(25,26)27)22(36-16-10-6-3-7-11-16)34-17-12-31-21(35-19(17)20)15-8-4-2-5-9-15/h2-11,17-22H,12-13H2,1H3,(H,28,30)/t17-,18-,19-,20-,21?,22+/m1/s1. The van der Waals surface area contributed by atoms with Gasteiger partial charge in [0.2, 0.25) is 3.79 Å². The van der Waals surface area contributed by atoms with E-state index >= 15 is 0 Å². The third kappa shape index (κ3) is 7.41. The number of hydrogen-bond acceptors (Lipinski definition) is 8. The van der Waals surface area contributed by atoms with E-state index in [2.05, 4.69) is 5.32 Å². The molecule has 0 spiro atoms. The second-order valence-corrected chi connectivity index (χ2v) is 11.8. The van der Waals surface area contributed by atoms with Crippen LogP contribution in [0.5, 0.6) is 0 Å². The largest absolute Gasteiger partial charge is 0.457 e. The summed E-state index contributed by atoms with van der Waals surface area (Å²) >= 11 is 18.5. The molecule has 8 nitrogen and oxygen atoms in total. The summed E-state index contributed by atoms with van der Waals surface area (Å²) in [6.45, 7) is 1.01. The van der Waals surface area contributed by atoms with Crippen molar-refractivity contribution in [2.45, 2.75) is 51.7 Å². The fraction of sp³-hybridized carbons (Fsp3) is 0.417. The van der Waals surface area contributed by atoms with E-state index in [9.17, 15) is 9.59 Å². The van der Waals surface area contributed by atoms with Gasteiger partial charge in [-0.3, -0.25) is 4.79 Å². The number of benzene rings is 2. The summed E-state index contributed by atoms with van der Waals surface area (Å²) in [6, 6.07) is 17.9. The number of alkyl halides is 3. The SMILES string of the molecule is CC(=O)O[C@@H]1[C@@H](NC(=O)OCC(Cl)(Cl)Cl)[C@H](Sc2ccccc2)O[C@@H]2COC(c3ccccc3)O[C@@H]12. The Morgan fingerprint density at radius 3 is 2.36 bits per heavy atom. The fourth-order valence-electron chi connectivity index (χ4n) is 3.90. The first-order valence-corrected chi connectivity index (χ1v) is 13.1. The highest BCUT2D eigenvalue weighted by atomic mass is 35.6. The van der Waals surface area contributed by atoms with Gasteiger partial charge in [-0.1, -0.05) is 95.1 Å². The monoisotopic (exact) mass is 575 g/mol. The van der Waals surface area contributed by atoms with Crippen LogP contribution in [-0.4, -0.2) is 58.9 Å². The van der Waals surface area contributed by atoms with Crippen molar-refractivity contribution in [1.29, 1.82) is 0 Å². The number of rotatable bonds is 6. The molecule has 0 radical (unpaired) electrons. The Hall–Kier alpha value is -1.72. The van der Waals surface area contributed by atoms with Crippen LogP contribution in [0, 0.1) is 0 Å². The van der Waals surface area contributed by atoms with Crippen LogP contribution in [0.15, 0.2) is 65.6 Å². The summed E-state index contributed by atoms with van der Waals surface area (Å²) in [6.07, 6.45) is -3.79. The molecule has 12 heteroatoms. The molecule has 6 atom stereocenters. The number of amides is 1. The van der Waals surface area contributed by atoms with E-state index in [0.29, 0.717) is 0 Å². The second kappa shape index (κ2) is 12.2. The Morgan fingerprint density at radius 2 is 1.72 bits per heavy atom. The summed E-state index contributed by atoms with van der Waals surface area (Å²) in [7, 11) is 0. The smallest absolute Gasteiger partial charge is 0.407 e. The summed E-state index contributed by atoms with van der Waals surface area (Å²) in [5, 5.41) is 2.72. The number of hydrogen-bond donors (Lipinski definition) is 1. The van der Waals surface area contributed by atoms with Crippen LogP contribution in [0.3, 0.4) is 0 Å². The normalized spacial score (nSPS) is 28.0. The average Bonchev–Trinajstić information content (AvgIpc) is 2.85. The van der Waals surface area contributed by atoms with Gasteiger partial charge in [0.1, 0.15) is 30.3 Å². The molecule has 1 amide bonds. The van der Waals surface area contributed by atoms with Crippen molar-refractivity contribution < 1.29 is 33.3 Å². The van der Waals surface area contributed by atoms with Crippen LogP contribution in [0.1, 0.15) is 18.8 Å². The third-order valence-electron chi connectivity index (χ3n) is 5.36. The first-order chi connectivity index (χ1) is 17.2. The minimum atomic E-state index is -1.79. The topological polar surface area (TPSA) is 92.3 Å². The first kappa shape index (κ1) is 27.3. The Balaban J connectivity index is 1.60. The molecule has 2 aliphatic rings. The molecule has 2 saturated heterocycles. The quantitative estimate of drug-likeness (QED) is 0.379. The molecular formula is C24H24Cl3NO7S. The maximum absolute atomic E-state index is 12.7. The molecule has 0 aromatic heterocycles. The number of fused-ring (bicyclic) bond motifs is 1. The number of halogens is 3. The third-order valence-corrected chi connectivity index (χ3v) is 6.87. The molecular weight excluding hydrogens is 553 g/mol. The van der Waals surface area contributed by atoms with Crippen molar-refractivity contribution in [2.75, 3.05) is 13.2 Å². The van der Waals surface area contributed by atoms with Gasteiger partial charge in [0.25, 0.3) is 0 Å². The van der Waals surface area contributed by atoms with Gasteiger partial charge in [-0.15, -0.1) is 0 Å². The molecule has 2 heterocycles. The zero-order valence-electron chi connectivity index (χ0n) is 19.1. The molecule has 2 aromatic rings. The summed E-state index contributed by atoms with van der Waals surface area (Å²) in [5.41, 5.74) is 0.115. The molecule has 2 aromatic carbocycles. The minimum Gasteiger partial charge on any atom is -0.457 e. The molecule has 1 unspecified atom stereocenters. The van der Waals surface area contributed by atoms with Crippen molar-refractivity contribution in [3.8, 4) is 0 Å². The van der Waals surface area contributed by atoms with E-state index in [1.54, 1.807) is 0 Å². The number of alkyl carbamates (subject to hydrolysis) is 1. The van der Waals surface area contributed by atoms with Gasteiger partial charge in [-0.05, 0) is 12.1 Å². The highest BCUT2D eigenvalue weighted by molar-refractivity contribution is 7.99. The Kier molecular flexibility index (Phi) is 9.27. The number of thioether (sulfide) groups is 1. The molecule has 2 fully saturated rings. The number of nitrogens with one attached hydrogen (secondary N) is 1. The molecule has 4 rings (SSSR count). The van der Waals surface area contributed by atoms with E-state index in [0.717, 1.165) is 10.5 Å².